The van der Waals surface area contributed by atoms with Gasteiger partial charge < -0.3 is 20.4 Å². The van der Waals surface area contributed by atoms with E-state index in [0.717, 1.165) is 25.7 Å². The number of unbranched alkanes of at least 4 members (excludes halogenated alkanes) is 2. The van der Waals surface area contributed by atoms with Gasteiger partial charge in [-0.15, -0.1) is 0 Å². The summed E-state index contributed by atoms with van der Waals surface area (Å²) in [5.74, 6) is 0. The lowest BCUT2D eigenvalue weighted by Gasteiger charge is -2.44. The molecular weight excluding hydrogens is 220 g/mol. The van der Waals surface area contributed by atoms with Gasteiger partial charge in [-0.25, -0.2) is 0 Å². The lowest BCUT2D eigenvalue weighted by molar-refractivity contribution is -0.162. The van der Waals surface area contributed by atoms with E-state index in [1.807, 2.05) is 13.8 Å². The van der Waals surface area contributed by atoms with E-state index < -0.39 is 30.8 Å². The highest BCUT2D eigenvalue weighted by molar-refractivity contribution is 4.98. The van der Waals surface area contributed by atoms with Crippen LogP contribution in [0.2, 0.25) is 0 Å². The van der Waals surface area contributed by atoms with Crippen molar-refractivity contribution in [1.82, 2.24) is 0 Å². The summed E-state index contributed by atoms with van der Waals surface area (Å²) >= 11 is 0. The topological polar surface area (TPSA) is 80.9 Å². The smallest absolute Gasteiger partial charge is 0.0770 e. The molecular formula is C13H28O4. The monoisotopic (exact) mass is 248 g/mol. The second kappa shape index (κ2) is 8.03. The summed E-state index contributed by atoms with van der Waals surface area (Å²) < 4.78 is 0. The van der Waals surface area contributed by atoms with E-state index >= 15 is 0 Å². The van der Waals surface area contributed by atoms with E-state index in [4.69, 9.17) is 0 Å². The van der Waals surface area contributed by atoms with Crippen LogP contribution in [0.3, 0.4) is 0 Å². The molecule has 0 saturated heterocycles. The van der Waals surface area contributed by atoms with Gasteiger partial charge in [0, 0.05) is 0 Å². The highest BCUT2D eigenvalue weighted by Crippen LogP contribution is 2.39. The summed E-state index contributed by atoms with van der Waals surface area (Å²) in [7, 11) is 0. The summed E-state index contributed by atoms with van der Waals surface area (Å²) in [5.41, 5.74) is -2.38. The zero-order valence-corrected chi connectivity index (χ0v) is 11.2. The molecule has 0 bridgehead atoms. The number of aliphatic hydroxyl groups excluding tert-OH is 3. The molecule has 4 nitrogen and oxygen atoms in total. The summed E-state index contributed by atoms with van der Waals surface area (Å²) in [4.78, 5) is 0. The fourth-order valence-corrected chi connectivity index (χ4v) is 2.19. The molecule has 17 heavy (non-hydrogen) atoms. The van der Waals surface area contributed by atoms with Gasteiger partial charge in [-0.1, -0.05) is 39.5 Å². The molecule has 0 rings (SSSR count). The third-order valence-electron chi connectivity index (χ3n) is 3.78. The first-order chi connectivity index (χ1) is 8.05. The van der Waals surface area contributed by atoms with Crippen LogP contribution in [0.4, 0.5) is 0 Å². The van der Waals surface area contributed by atoms with Crippen LogP contribution in [0.15, 0.2) is 0 Å². The Kier molecular flexibility index (Phi) is 7.96. The molecule has 0 radical (unpaired) electrons. The second-order valence-corrected chi connectivity index (χ2v) is 4.99. The SMILES string of the molecule is CCCCC(O)(CCCC)C(CO)(CO)CO. The number of rotatable bonds is 10. The second-order valence-electron chi connectivity index (χ2n) is 4.99. The maximum atomic E-state index is 10.7. The Bertz CT molecular complexity index is 174. The maximum Gasteiger partial charge on any atom is 0.0770 e. The van der Waals surface area contributed by atoms with Gasteiger partial charge in [0.1, 0.15) is 0 Å². The molecule has 0 aliphatic carbocycles. The first kappa shape index (κ1) is 16.8. The van der Waals surface area contributed by atoms with Crippen molar-refractivity contribution in [3.8, 4) is 0 Å². The third-order valence-corrected chi connectivity index (χ3v) is 3.78. The van der Waals surface area contributed by atoms with E-state index in [-0.39, 0.29) is 0 Å². The van der Waals surface area contributed by atoms with Gasteiger partial charge >= 0.3 is 0 Å². The molecule has 4 N–H and O–H groups in total. The highest BCUT2D eigenvalue weighted by Gasteiger charge is 2.48. The zero-order chi connectivity index (χ0) is 13.4. The van der Waals surface area contributed by atoms with Crippen LogP contribution < -0.4 is 0 Å². The molecule has 0 spiro atoms. The molecule has 104 valence electrons. The number of aliphatic hydroxyl groups is 4. The molecule has 0 aromatic rings. The Morgan fingerprint density at radius 3 is 1.35 bits per heavy atom. The fourth-order valence-electron chi connectivity index (χ4n) is 2.19. The first-order valence-electron chi connectivity index (χ1n) is 6.60. The minimum Gasteiger partial charge on any atom is -0.395 e. The van der Waals surface area contributed by atoms with Gasteiger partial charge in [-0.05, 0) is 12.8 Å². The van der Waals surface area contributed by atoms with Crippen LogP contribution in [0, 0.1) is 5.41 Å². The molecule has 4 heteroatoms. The standard InChI is InChI=1S/C13H28O4/c1-3-5-7-13(17,8-6-4-2)12(9-14,10-15)11-16/h14-17H,3-11H2,1-2H3. The first-order valence-corrected chi connectivity index (χ1v) is 6.60. The highest BCUT2D eigenvalue weighted by atomic mass is 16.3. The van der Waals surface area contributed by atoms with Crippen molar-refractivity contribution in [3.05, 3.63) is 0 Å². The predicted molar refractivity (Wildman–Crippen MR) is 67.7 cm³/mol. The van der Waals surface area contributed by atoms with Crippen molar-refractivity contribution in [2.24, 2.45) is 5.41 Å². The molecule has 0 aliphatic rings. The number of hydrogen-bond acceptors (Lipinski definition) is 4. The van der Waals surface area contributed by atoms with Crippen molar-refractivity contribution in [1.29, 1.82) is 0 Å². The Morgan fingerprint density at radius 1 is 0.765 bits per heavy atom. The average molecular weight is 248 g/mol. The molecule has 0 aromatic carbocycles. The minimum atomic E-state index is -1.20. The summed E-state index contributed by atoms with van der Waals surface area (Å²) in [6.45, 7) is 2.86. The van der Waals surface area contributed by atoms with E-state index in [2.05, 4.69) is 0 Å². The van der Waals surface area contributed by atoms with Crippen LogP contribution in [0.25, 0.3) is 0 Å². The Morgan fingerprint density at radius 2 is 1.12 bits per heavy atom. The third kappa shape index (κ3) is 3.91. The van der Waals surface area contributed by atoms with E-state index in [0.29, 0.717) is 12.8 Å². The van der Waals surface area contributed by atoms with E-state index in [1.165, 1.54) is 0 Å². The van der Waals surface area contributed by atoms with Crippen molar-refractivity contribution >= 4 is 0 Å². The van der Waals surface area contributed by atoms with Gasteiger partial charge in [0.05, 0.1) is 30.8 Å². The molecule has 0 fully saturated rings. The molecule has 0 atom stereocenters. The molecule has 0 aliphatic heterocycles. The average Bonchev–Trinajstić information content (AvgIpc) is 2.36. The summed E-state index contributed by atoms with van der Waals surface area (Å²) in [6, 6.07) is 0. The van der Waals surface area contributed by atoms with Crippen LogP contribution in [-0.4, -0.2) is 45.8 Å². The molecule has 0 aromatic heterocycles. The van der Waals surface area contributed by atoms with Crippen LogP contribution in [0.1, 0.15) is 52.4 Å². The Labute approximate surface area is 104 Å². The molecule has 0 amide bonds. The van der Waals surface area contributed by atoms with Gasteiger partial charge in [-0.3, -0.25) is 0 Å². The van der Waals surface area contributed by atoms with Gasteiger partial charge in [0.2, 0.25) is 0 Å². The van der Waals surface area contributed by atoms with Crippen molar-refractivity contribution in [2.75, 3.05) is 19.8 Å². The lowest BCUT2D eigenvalue weighted by atomic mass is 9.68. The minimum absolute atomic E-state index is 0.399. The summed E-state index contributed by atoms with van der Waals surface area (Å²) in [6.07, 6.45) is 4.53. The maximum absolute atomic E-state index is 10.7. The van der Waals surface area contributed by atoms with E-state index in [9.17, 15) is 20.4 Å². The van der Waals surface area contributed by atoms with Crippen LogP contribution in [0.5, 0.6) is 0 Å². The van der Waals surface area contributed by atoms with Gasteiger partial charge in [-0.2, -0.15) is 0 Å². The van der Waals surface area contributed by atoms with Crippen molar-refractivity contribution in [3.63, 3.8) is 0 Å². The van der Waals surface area contributed by atoms with Crippen molar-refractivity contribution < 1.29 is 20.4 Å². The van der Waals surface area contributed by atoms with Gasteiger partial charge in [0.15, 0.2) is 0 Å². The van der Waals surface area contributed by atoms with Gasteiger partial charge in [0.25, 0.3) is 0 Å². The fraction of sp³-hybridized carbons (Fsp3) is 1.00. The molecule has 0 saturated carbocycles. The van der Waals surface area contributed by atoms with Crippen LogP contribution in [-0.2, 0) is 0 Å². The van der Waals surface area contributed by atoms with Crippen LogP contribution >= 0.6 is 0 Å². The Hall–Kier alpha value is -0.160. The normalized spacial score (nSPS) is 13.1. The Balaban J connectivity index is 4.94. The molecule has 0 unspecified atom stereocenters. The predicted octanol–water partition coefficient (Wildman–Crippen LogP) is 1.06. The van der Waals surface area contributed by atoms with E-state index in [1.54, 1.807) is 0 Å². The lowest BCUT2D eigenvalue weighted by Crippen LogP contribution is -2.55. The van der Waals surface area contributed by atoms with Crippen molar-refractivity contribution in [2.45, 2.75) is 58.0 Å². The zero-order valence-electron chi connectivity index (χ0n) is 11.2. The number of hydrogen-bond donors (Lipinski definition) is 4. The molecule has 0 heterocycles. The summed E-state index contributed by atoms with van der Waals surface area (Å²) in [5, 5.41) is 39.0. The largest absolute Gasteiger partial charge is 0.395 e. The quantitative estimate of drug-likeness (QED) is 0.466.